The average molecular weight is 719 g/mol. The summed E-state index contributed by atoms with van der Waals surface area (Å²) in [5, 5.41) is 7.61. The summed E-state index contributed by atoms with van der Waals surface area (Å²) in [5.74, 6) is 0. The van der Waals surface area contributed by atoms with Crippen LogP contribution in [0.4, 0.5) is 17.1 Å². The minimum absolute atomic E-state index is 1.09. The monoisotopic (exact) mass is 718 g/mol. The SMILES string of the molecule is c1ccc(N(c2ccc(-c3ccc4ccccc4c3)cc2)c2ccccc2-n2c3ccccc3c3ccccc32)c(-c2ccc3c(c2)sc2ccccc23)c1. The van der Waals surface area contributed by atoms with Crippen LogP contribution in [0.2, 0.25) is 0 Å². The van der Waals surface area contributed by atoms with Gasteiger partial charge in [-0.15, -0.1) is 11.3 Å². The maximum absolute atomic E-state index is 2.45. The number of aromatic nitrogens is 1. The summed E-state index contributed by atoms with van der Waals surface area (Å²) in [6.45, 7) is 0. The van der Waals surface area contributed by atoms with Crippen LogP contribution in [0.25, 0.3) is 80.7 Å². The summed E-state index contributed by atoms with van der Waals surface area (Å²) < 4.78 is 5.05. The molecule has 11 rings (SSSR count). The lowest BCUT2D eigenvalue weighted by atomic mass is 9.99. The van der Waals surface area contributed by atoms with Crippen LogP contribution in [0.15, 0.2) is 206 Å². The van der Waals surface area contributed by atoms with E-state index in [-0.39, 0.29) is 0 Å². The number of rotatable bonds is 6. The van der Waals surface area contributed by atoms with Gasteiger partial charge < -0.3 is 9.47 Å². The molecule has 0 spiro atoms. The molecule has 55 heavy (non-hydrogen) atoms. The first-order valence-electron chi connectivity index (χ1n) is 18.8. The van der Waals surface area contributed by atoms with Crippen LogP contribution in [0.1, 0.15) is 0 Å². The van der Waals surface area contributed by atoms with Crippen molar-refractivity contribution in [1.82, 2.24) is 4.57 Å². The molecule has 0 aliphatic heterocycles. The Balaban J connectivity index is 1.13. The Hall–Kier alpha value is -6.94. The fourth-order valence-electron chi connectivity index (χ4n) is 8.41. The number of hydrogen-bond acceptors (Lipinski definition) is 2. The molecule has 0 saturated heterocycles. The van der Waals surface area contributed by atoms with Gasteiger partial charge in [0.1, 0.15) is 0 Å². The van der Waals surface area contributed by atoms with Crippen molar-refractivity contribution in [3.05, 3.63) is 206 Å². The second kappa shape index (κ2) is 12.9. The van der Waals surface area contributed by atoms with Gasteiger partial charge in [-0.05, 0) is 88.1 Å². The number of anilines is 3. The quantitative estimate of drug-likeness (QED) is 0.166. The maximum atomic E-state index is 2.45. The molecule has 2 aromatic heterocycles. The molecule has 0 radical (unpaired) electrons. The van der Waals surface area contributed by atoms with E-state index in [2.05, 4.69) is 216 Å². The summed E-state index contributed by atoms with van der Waals surface area (Å²) in [6.07, 6.45) is 0. The molecule has 9 aromatic carbocycles. The number of para-hydroxylation sites is 5. The Bertz CT molecular complexity index is 3170. The molecular formula is C52H34N2S. The largest absolute Gasteiger partial charge is 0.308 e. The van der Waals surface area contributed by atoms with E-state index in [4.69, 9.17) is 0 Å². The highest BCUT2D eigenvalue weighted by Gasteiger charge is 2.23. The summed E-state index contributed by atoms with van der Waals surface area (Å²) in [7, 11) is 0. The van der Waals surface area contributed by atoms with Crippen LogP contribution in [0, 0.1) is 0 Å². The highest BCUT2D eigenvalue weighted by molar-refractivity contribution is 7.25. The van der Waals surface area contributed by atoms with Crippen molar-refractivity contribution >= 4 is 81.1 Å². The zero-order valence-electron chi connectivity index (χ0n) is 29.9. The molecule has 0 unspecified atom stereocenters. The Labute approximate surface area is 323 Å². The van der Waals surface area contributed by atoms with Crippen molar-refractivity contribution < 1.29 is 0 Å². The Morgan fingerprint density at radius 1 is 0.364 bits per heavy atom. The van der Waals surface area contributed by atoms with Crippen LogP contribution in [0.3, 0.4) is 0 Å². The average Bonchev–Trinajstić information content (AvgIpc) is 3.80. The van der Waals surface area contributed by atoms with Crippen molar-refractivity contribution in [2.24, 2.45) is 0 Å². The van der Waals surface area contributed by atoms with Crippen LogP contribution < -0.4 is 4.90 Å². The number of hydrogen-bond donors (Lipinski definition) is 0. The van der Waals surface area contributed by atoms with E-state index < -0.39 is 0 Å². The Morgan fingerprint density at radius 3 is 1.75 bits per heavy atom. The van der Waals surface area contributed by atoms with E-state index in [0.717, 1.165) is 22.7 Å². The minimum atomic E-state index is 1.09. The fraction of sp³-hybridized carbons (Fsp3) is 0. The van der Waals surface area contributed by atoms with Crippen molar-refractivity contribution in [2.75, 3.05) is 4.90 Å². The van der Waals surface area contributed by atoms with Crippen LogP contribution >= 0.6 is 11.3 Å². The van der Waals surface area contributed by atoms with Gasteiger partial charge in [-0.3, -0.25) is 0 Å². The lowest BCUT2D eigenvalue weighted by Crippen LogP contribution is -2.14. The van der Waals surface area contributed by atoms with E-state index >= 15 is 0 Å². The predicted octanol–water partition coefficient (Wildman–Crippen LogP) is 15.1. The van der Waals surface area contributed by atoms with Gasteiger partial charge in [0.25, 0.3) is 0 Å². The van der Waals surface area contributed by atoms with Gasteiger partial charge in [0.15, 0.2) is 0 Å². The summed E-state index contributed by atoms with van der Waals surface area (Å²) >= 11 is 1.86. The van der Waals surface area contributed by atoms with Gasteiger partial charge in [-0.1, -0.05) is 146 Å². The molecule has 0 saturated carbocycles. The first-order chi connectivity index (χ1) is 27.3. The normalized spacial score (nSPS) is 11.6. The minimum Gasteiger partial charge on any atom is -0.308 e. The van der Waals surface area contributed by atoms with E-state index in [1.807, 2.05) is 11.3 Å². The third-order valence-electron chi connectivity index (χ3n) is 11.0. The molecular weight excluding hydrogens is 685 g/mol. The van der Waals surface area contributed by atoms with Gasteiger partial charge in [0.05, 0.1) is 28.1 Å². The number of thiophene rings is 1. The maximum Gasteiger partial charge on any atom is 0.0702 e. The van der Waals surface area contributed by atoms with Crippen LogP contribution in [-0.2, 0) is 0 Å². The number of benzene rings is 9. The standard InChI is InChI=1S/C52H34N2S/c1-2-14-37-33-38(26-25-35(37)13-1)36-27-30-40(31-28-36)53(46-19-7-3-15-41(46)39-29-32-45-44-18-6-12-24-51(44)55-52(45)34-39)49-22-10-11-23-50(49)54-47-20-8-4-16-42(47)43-17-5-9-21-48(43)54/h1-34H. The molecule has 258 valence electrons. The van der Waals surface area contributed by atoms with Gasteiger partial charge in [-0.25, -0.2) is 0 Å². The number of nitrogens with zero attached hydrogens (tertiary/aromatic N) is 2. The van der Waals surface area contributed by atoms with E-state index in [1.165, 1.54) is 75.0 Å². The third-order valence-corrected chi connectivity index (χ3v) is 12.1. The first-order valence-corrected chi connectivity index (χ1v) is 19.6. The van der Waals surface area contributed by atoms with Gasteiger partial charge in [0, 0.05) is 42.2 Å². The molecule has 0 aliphatic rings. The van der Waals surface area contributed by atoms with Crippen molar-refractivity contribution in [2.45, 2.75) is 0 Å². The molecule has 3 heteroatoms. The lowest BCUT2D eigenvalue weighted by molar-refractivity contribution is 1.15. The fourth-order valence-corrected chi connectivity index (χ4v) is 9.56. The van der Waals surface area contributed by atoms with Gasteiger partial charge in [-0.2, -0.15) is 0 Å². The molecule has 0 amide bonds. The Kier molecular flexibility index (Phi) is 7.39. The molecule has 0 atom stereocenters. The Morgan fingerprint density at radius 2 is 0.945 bits per heavy atom. The summed E-state index contributed by atoms with van der Waals surface area (Å²) in [4.78, 5) is 2.45. The van der Waals surface area contributed by atoms with E-state index in [0.29, 0.717) is 0 Å². The number of fused-ring (bicyclic) bond motifs is 7. The lowest BCUT2D eigenvalue weighted by Gasteiger charge is -2.30. The molecule has 0 bridgehead atoms. The van der Waals surface area contributed by atoms with E-state index in [9.17, 15) is 0 Å². The molecule has 0 aliphatic carbocycles. The third kappa shape index (κ3) is 5.24. The first kappa shape index (κ1) is 31.6. The molecule has 11 aromatic rings. The molecule has 2 heterocycles. The van der Waals surface area contributed by atoms with Crippen molar-refractivity contribution in [1.29, 1.82) is 0 Å². The second-order valence-electron chi connectivity index (χ2n) is 14.1. The second-order valence-corrected chi connectivity index (χ2v) is 15.2. The van der Waals surface area contributed by atoms with E-state index in [1.54, 1.807) is 0 Å². The smallest absolute Gasteiger partial charge is 0.0702 e. The summed E-state index contributed by atoms with van der Waals surface area (Å²) in [6, 6.07) is 75.3. The summed E-state index contributed by atoms with van der Waals surface area (Å²) in [5.41, 5.74) is 11.6. The van der Waals surface area contributed by atoms with Crippen molar-refractivity contribution in [3.63, 3.8) is 0 Å². The molecule has 0 fully saturated rings. The molecule has 2 nitrogen and oxygen atoms in total. The topological polar surface area (TPSA) is 8.17 Å². The van der Waals surface area contributed by atoms with Gasteiger partial charge >= 0.3 is 0 Å². The highest BCUT2D eigenvalue weighted by atomic mass is 32.1. The van der Waals surface area contributed by atoms with Crippen LogP contribution in [-0.4, -0.2) is 4.57 Å². The predicted molar refractivity (Wildman–Crippen MR) is 237 cm³/mol. The highest BCUT2D eigenvalue weighted by Crippen LogP contribution is 2.46. The zero-order valence-corrected chi connectivity index (χ0v) is 30.7. The molecule has 0 N–H and O–H groups in total. The van der Waals surface area contributed by atoms with Crippen molar-refractivity contribution in [3.8, 4) is 27.9 Å². The van der Waals surface area contributed by atoms with Crippen LogP contribution in [0.5, 0.6) is 0 Å². The van der Waals surface area contributed by atoms with Gasteiger partial charge in [0.2, 0.25) is 0 Å². The zero-order chi connectivity index (χ0) is 36.3.